The zero-order valence-electron chi connectivity index (χ0n) is 29.8. The second kappa shape index (κ2) is 18.5. The van der Waals surface area contributed by atoms with Crippen LogP contribution < -0.4 is 17.2 Å². The van der Waals surface area contributed by atoms with Gasteiger partial charge in [0.1, 0.15) is 0 Å². The van der Waals surface area contributed by atoms with Crippen LogP contribution in [0.3, 0.4) is 0 Å². The van der Waals surface area contributed by atoms with E-state index < -0.39 is 0 Å². The molecule has 4 unspecified atom stereocenters. The summed E-state index contributed by atoms with van der Waals surface area (Å²) >= 11 is 0. The SMILES string of the molecule is CCCCCOCCC[C@@H](C)C1CC[C@H]2C3[C@H](OCCCN)CC4C[C@H](OCCCN)CC[C@]4(C)[C@H]3C[C@H](OCCCN)C12C. The van der Waals surface area contributed by atoms with Crippen LogP contribution in [-0.2, 0) is 18.9 Å². The van der Waals surface area contributed by atoms with Crippen LogP contribution >= 0.6 is 0 Å². The van der Waals surface area contributed by atoms with E-state index in [0.29, 0.717) is 72.8 Å². The molecule has 0 aliphatic heterocycles. The first-order valence-electron chi connectivity index (χ1n) is 19.4. The third-order valence-electron chi connectivity index (χ3n) is 13.3. The number of rotatable bonds is 21. The molecule has 0 radical (unpaired) electrons. The molecular formula is C38H73N3O4. The Hall–Kier alpha value is -0.280. The van der Waals surface area contributed by atoms with Gasteiger partial charge in [-0.15, -0.1) is 0 Å². The summed E-state index contributed by atoms with van der Waals surface area (Å²) in [4.78, 5) is 0. The largest absolute Gasteiger partial charge is 0.381 e. The molecule has 0 aromatic rings. The molecule has 0 amide bonds. The lowest BCUT2D eigenvalue weighted by atomic mass is 9.43. The standard InChI is InChI=1S/C38H73N3O4/c1-5-6-7-20-42-21-8-12-28(2)31-13-14-32-36-33(27-35(38(31,32)4)45-24-11-19-41)37(3)16-15-30(43-22-9-17-39)25-29(37)26-34(36)44-23-10-18-40/h28-36H,5-27,39-41H2,1-4H3/t28-,29?,30-,31?,32+,33+,34-,35+,36?,37+,38?/m1/s1. The van der Waals surface area contributed by atoms with Crippen molar-refractivity contribution in [3.8, 4) is 0 Å². The fourth-order valence-corrected chi connectivity index (χ4v) is 10.9. The van der Waals surface area contributed by atoms with Gasteiger partial charge in [0, 0.05) is 38.4 Å². The Bertz CT molecular complexity index is 833. The molecule has 0 aromatic carbocycles. The first-order chi connectivity index (χ1) is 21.8. The highest BCUT2D eigenvalue weighted by atomic mass is 16.5. The predicted octanol–water partition coefficient (Wildman–Crippen LogP) is 6.69. The lowest BCUT2D eigenvalue weighted by molar-refractivity contribution is -0.227. The van der Waals surface area contributed by atoms with E-state index in [-0.39, 0.29) is 11.5 Å². The van der Waals surface area contributed by atoms with E-state index >= 15 is 0 Å². The normalized spacial score (nSPS) is 38.5. The average molecular weight is 636 g/mol. The van der Waals surface area contributed by atoms with Gasteiger partial charge in [-0.05, 0) is 144 Å². The summed E-state index contributed by atoms with van der Waals surface area (Å²) in [5.41, 5.74) is 18.2. The molecule has 0 saturated heterocycles. The molecule has 4 rings (SSSR count). The molecule has 4 fully saturated rings. The summed E-state index contributed by atoms with van der Waals surface area (Å²) in [6.45, 7) is 16.3. The molecular weight excluding hydrogens is 562 g/mol. The summed E-state index contributed by atoms with van der Waals surface area (Å²) in [5, 5.41) is 0. The van der Waals surface area contributed by atoms with Crippen molar-refractivity contribution in [1.29, 1.82) is 0 Å². The lowest BCUT2D eigenvalue weighted by Gasteiger charge is -2.65. The molecule has 7 nitrogen and oxygen atoms in total. The van der Waals surface area contributed by atoms with Gasteiger partial charge in [-0.1, -0.05) is 40.5 Å². The first kappa shape index (κ1) is 37.5. The molecule has 7 heteroatoms. The molecule has 45 heavy (non-hydrogen) atoms. The molecule has 11 atom stereocenters. The zero-order chi connectivity index (χ0) is 32.3. The Morgan fingerprint density at radius 1 is 0.711 bits per heavy atom. The second-order valence-electron chi connectivity index (χ2n) is 15.9. The van der Waals surface area contributed by atoms with Crippen LogP contribution in [0.4, 0.5) is 0 Å². The van der Waals surface area contributed by atoms with Crippen molar-refractivity contribution in [1.82, 2.24) is 0 Å². The van der Waals surface area contributed by atoms with Crippen LogP contribution in [0, 0.1) is 46.3 Å². The number of hydrogen-bond donors (Lipinski definition) is 3. The van der Waals surface area contributed by atoms with Crippen molar-refractivity contribution in [2.24, 2.45) is 63.5 Å². The zero-order valence-corrected chi connectivity index (χ0v) is 29.8. The van der Waals surface area contributed by atoms with Crippen molar-refractivity contribution >= 4 is 0 Å². The van der Waals surface area contributed by atoms with Crippen molar-refractivity contribution in [3.63, 3.8) is 0 Å². The highest BCUT2D eigenvalue weighted by molar-refractivity contribution is 5.15. The maximum Gasteiger partial charge on any atom is 0.0637 e. The van der Waals surface area contributed by atoms with Gasteiger partial charge in [0.15, 0.2) is 0 Å². The topological polar surface area (TPSA) is 115 Å². The van der Waals surface area contributed by atoms with Crippen LogP contribution in [-0.4, -0.2) is 71.0 Å². The highest BCUT2D eigenvalue weighted by Crippen LogP contribution is 2.69. The summed E-state index contributed by atoms with van der Waals surface area (Å²) in [7, 11) is 0. The minimum Gasteiger partial charge on any atom is -0.381 e. The quantitative estimate of drug-likeness (QED) is 0.120. The summed E-state index contributed by atoms with van der Waals surface area (Å²) in [6.07, 6.45) is 18.4. The third kappa shape index (κ3) is 8.85. The van der Waals surface area contributed by atoms with E-state index in [2.05, 4.69) is 27.7 Å². The van der Waals surface area contributed by atoms with E-state index in [1.807, 2.05) is 0 Å². The van der Waals surface area contributed by atoms with E-state index in [1.165, 1.54) is 57.8 Å². The molecule has 6 N–H and O–H groups in total. The van der Waals surface area contributed by atoms with Crippen LogP contribution in [0.15, 0.2) is 0 Å². The number of hydrogen-bond acceptors (Lipinski definition) is 7. The third-order valence-corrected chi connectivity index (χ3v) is 13.3. The Balaban J connectivity index is 1.54. The van der Waals surface area contributed by atoms with Crippen LogP contribution in [0.5, 0.6) is 0 Å². The molecule has 264 valence electrons. The molecule has 0 spiro atoms. The van der Waals surface area contributed by atoms with Crippen LogP contribution in [0.1, 0.15) is 124 Å². The fraction of sp³-hybridized carbons (Fsp3) is 1.00. The maximum atomic E-state index is 7.00. The summed E-state index contributed by atoms with van der Waals surface area (Å²) < 4.78 is 26.3. The molecule has 4 saturated carbocycles. The van der Waals surface area contributed by atoms with Crippen LogP contribution in [0.25, 0.3) is 0 Å². The van der Waals surface area contributed by atoms with Gasteiger partial charge in [0.2, 0.25) is 0 Å². The minimum absolute atomic E-state index is 0.165. The molecule has 0 heterocycles. The van der Waals surface area contributed by atoms with Crippen molar-refractivity contribution in [2.75, 3.05) is 52.7 Å². The van der Waals surface area contributed by atoms with Gasteiger partial charge < -0.3 is 36.1 Å². The Morgan fingerprint density at radius 2 is 1.40 bits per heavy atom. The lowest BCUT2D eigenvalue weighted by Crippen LogP contribution is -2.63. The Morgan fingerprint density at radius 3 is 2.11 bits per heavy atom. The van der Waals surface area contributed by atoms with E-state index in [0.717, 1.165) is 71.6 Å². The number of nitrogens with two attached hydrogens (primary N) is 3. The van der Waals surface area contributed by atoms with E-state index in [4.69, 9.17) is 36.1 Å². The second-order valence-corrected chi connectivity index (χ2v) is 15.9. The van der Waals surface area contributed by atoms with Crippen molar-refractivity contribution in [3.05, 3.63) is 0 Å². The Labute approximate surface area is 277 Å². The van der Waals surface area contributed by atoms with E-state index in [9.17, 15) is 0 Å². The van der Waals surface area contributed by atoms with Gasteiger partial charge in [-0.25, -0.2) is 0 Å². The maximum absolute atomic E-state index is 7.00. The number of fused-ring (bicyclic) bond motifs is 5. The molecule has 0 aromatic heterocycles. The van der Waals surface area contributed by atoms with Gasteiger partial charge in [-0.3, -0.25) is 0 Å². The van der Waals surface area contributed by atoms with Gasteiger partial charge >= 0.3 is 0 Å². The molecule has 4 aliphatic rings. The van der Waals surface area contributed by atoms with Gasteiger partial charge in [0.25, 0.3) is 0 Å². The van der Waals surface area contributed by atoms with Crippen LogP contribution in [0.2, 0.25) is 0 Å². The van der Waals surface area contributed by atoms with Gasteiger partial charge in [-0.2, -0.15) is 0 Å². The molecule has 4 aliphatic carbocycles. The fourth-order valence-electron chi connectivity index (χ4n) is 10.9. The van der Waals surface area contributed by atoms with E-state index in [1.54, 1.807) is 0 Å². The predicted molar refractivity (Wildman–Crippen MR) is 185 cm³/mol. The first-order valence-corrected chi connectivity index (χ1v) is 19.4. The van der Waals surface area contributed by atoms with Crippen molar-refractivity contribution in [2.45, 2.75) is 142 Å². The summed E-state index contributed by atoms with van der Waals surface area (Å²) in [5.74, 6) is 3.82. The average Bonchev–Trinajstić information content (AvgIpc) is 3.39. The number of unbranched alkanes of at least 4 members (excludes halogenated alkanes) is 2. The van der Waals surface area contributed by atoms with Crippen molar-refractivity contribution < 1.29 is 18.9 Å². The smallest absolute Gasteiger partial charge is 0.0637 e. The highest BCUT2D eigenvalue weighted by Gasteiger charge is 2.66. The minimum atomic E-state index is 0.165. The summed E-state index contributed by atoms with van der Waals surface area (Å²) in [6, 6.07) is 0. The monoisotopic (exact) mass is 636 g/mol. The molecule has 0 bridgehead atoms. The van der Waals surface area contributed by atoms with Gasteiger partial charge in [0.05, 0.1) is 18.3 Å². The Kier molecular flexibility index (Phi) is 15.4. The number of ether oxygens (including phenoxy) is 4.